The highest BCUT2D eigenvalue weighted by atomic mass is 16.2. The molecule has 1 aromatic carbocycles. The molecule has 0 bridgehead atoms. The Bertz CT molecular complexity index is 612. The van der Waals surface area contributed by atoms with Crippen LogP contribution in [-0.4, -0.2) is 56.0 Å². The number of nitrogens with zero attached hydrogens (tertiary/aromatic N) is 2. The summed E-state index contributed by atoms with van der Waals surface area (Å²) in [5, 5.41) is 10.3. The summed E-state index contributed by atoms with van der Waals surface area (Å²) in [6.45, 7) is 3.44. The van der Waals surface area contributed by atoms with E-state index in [1.807, 2.05) is 23.1 Å². The van der Waals surface area contributed by atoms with Crippen molar-refractivity contribution >= 4 is 17.6 Å². The van der Waals surface area contributed by atoms with Crippen LogP contribution < -0.4 is 16.0 Å². The number of likely N-dealkylation sites (tertiary alicyclic amines) is 1. The van der Waals surface area contributed by atoms with Crippen LogP contribution in [0.25, 0.3) is 0 Å². The number of guanidine groups is 1. The maximum absolute atomic E-state index is 12.6. The SMILES string of the molecule is CN=C(NCCCNc1ccccc1)NC1CCN(C(=O)C2CCCC2)C1. The molecule has 27 heavy (non-hydrogen) atoms. The molecule has 1 amide bonds. The lowest BCUT2D eigenvalue weighted by Crippen LogP contribution is -2.45. The molecule has 148 valence electrons. The van der Waals surface area contributed by atoms with E-state index in [9.17, 15) is 4.79 Å². The fraction of sp³-hybridized carbons (Fsp3) is 0.619. The van der Waals surface area contributed by atoms with Crippen LogP contribution in [0.2, 0.25) is 0 Å². The molecule has 2 aliphatic rings. The molecule has 0 spiro atoms. The van der Waals surface area contributed by atoms with Crippen LogP contribution in [0.15, 0.2) is 35.3 Å². The number of nitrogens with one attached hydrogen (secondary N) is 3. The largest absolute Gasteiger partial charge is 0.385 e. The predicted octanol–water partition coefficient (Wildman–Crippen LogP) is 2.44. The van der Waals surface area contributed by atoms with Crippen molar-refractivity contribution < 1.29 is 4.79 Å². The van der Waals surface area contributed by atoms with E-state index in [2.05, 4.69) is 33.1 Å². The number of aliphatic imine (C=N–C) groups is 1. The molecule has 6 heteroatoms. The van der Waals surface area contributed by atoms with Crippen molar-refractivity contribution in [2.45, 2.75) is 44.6 Å². The molecule has 0 aromatic heterocycles. The predicted molar refractivity (Wildman–Crippen MR) is 111 cm³/mol. The van der Waals surface area contributed by atoms with Gasteiger partial charge in [0.25, 0.3) is 0 Å². The first-order valence-electron chi connectivity index (χ1n) is 10.3. The fourth-order valence-electron chi connectivity index (χ4n) is 3.98. The summed E-state index contributed by atoms with van der Waals surface area (Å²) in [5.74, 6) is 1.47. The van der Waals surface area contributed by atoms with Gasteiger partial charge in [0.05, 0.1) is 0 Å². The van der Waals surface area contributed by atoms with E-state index in [1.54, 1.807) is 7.05 Å². The lowest BCUT2D eigenvalue weighted by Gasteiger charge is -2.21. The van der Waals surface area contributed by atoms with E-state index >= 15 is 0 Å². The van der Waals surface area contributed by atoms with Gasteiger partial charge in [0, 0.05) is 50.9 Å². The van der Waals surface area contributed by atoms with Gasteiger partial charge in [-0.05, 0) is 37.8 Å². The summed E-state index contributed by atoms with van der Waals surface area (Å²) in [6.07, 6.45) is 6.58. The quantitative estimate of drug-likeness (QED) is 0.391. The number of amides is 1. The van der Waals surface area contributed by atoms with Gasteiger partial charge in [0.2, 0.25) is 5.91 Å². The maximum atomic E-state index is 12.6. The van der Waals surface area contributed by atoms with Crippen LogP contribution in [-0.2, 0) is 4.79 Å². The minimum Gasteiger partial charge on any atom is -0.385 e. The first-order chi connectivity index (χ1) is 13.3. The molecule has 1 saturated carbocycles. The van der Waals surface area contributed by atoms with Crippen LogP contribution in [0.1, 0.15) is 38.5 Å². The Kier molecular flexibility index (Phi) is 7.36. The molecule has 3 rings (SSSR count). The second kappa shape index (κ2) is 10.2. The Morgan fingerprint density at radius 3 is 2.67 bits per heavy atom. The molecule has 1 unspecified atom stereocenters. The molecule has 2 fully saturated rings. The fourth-order valence-corrected chi connectivity index (χ4v) is 3.98. The molecule has 1 heterocycles. The third kappa shape index (κ3) is 5.88. The number of carbonyl (C=O) groups excluding carboxylic acids is 1. The van der Waals surface area contributed by atoms with Gasteiger partial charge in [-0.2, -0.15) is 0 Å². The number of carbonyl (C=O) groups is 1. The number of rotatable bonds is 7. The summed E-state index contributed by atoms with van der Waals surface area (Å²) >= 11 is 0. The lowest BCUT2D eigenvalue weighted by atomic mass is 10.1. The summed E-state index contributed by atoms with van der Waals surface area (Å²) in [6, 6.07) is 10.5. The normalized spacial score (nSPS) is 20.7. The molecule has 6 nitrogen and oxygen atoms in total. The highest BCUT2D eigenvalue weighted by Gasteiger charge is 2.32. The van der Waals surface area contributed by atoms with E-state index in [0.29, 0.717) is 11.9 Å². The molecular weight excluding hydrogens is 338 g/mol. The second-order valence-corrected chi connectivity index (χ2v) is 7.54. The standard InChI is InChI=1S/C21H33N5O/c1-22-21(24-14-7-13-23-18-10-3-2-4-11-18)25-19-12-15-26(16-19)20(27)17-8-5-6-9-17/h2-4,10-11,17,19,23H,5-9,12-16H2,1H3,(H2,22,24,25). The zero-order chi connectivity index (χ0) is 18.9. The lowest BCUT2D eigenvalue weighted by molar-refractivity contribution is -0.134. The van der Waals surface area contributed by atoms with Crippen molar-refractivity contribution in [2.75, 3.05) is 38.5 Å². The Labute approximate surface area is 162 Å². The Balaban J connectivity index is 1.32. The van der Waals surface area contributed by atoms with Gasteiger partial charge in [0.1, 0.15) is 0 Å². The van der Waals surface area contributed by atoms with Crippen LogP contribution in [0.5, 0.6) is 0 Å². The average molecular weight is 372 g/mol. The Hall–Kier alpha value is -2.24. The first kappa shape index (κ1) is 19.5. The average Bonchev–Trinajstić information content (AvgIpc) is 3.39. The van der Waals surface area contributed by atoms with Gasteiger partial charge >= 0.3 is 0 Å². The van der Waals surface area contributed by atoms with E-state index in [0.717, 1.165) is 63.5 Å². The summed E-state index contributed by atoms with van der Waals surface area (Å²) in [7, 11) is 1.80. The summed E-state index contributed by atoms with van der Waals surface area (Å²) < 4.78 is 0. The zero-order valence-corrected chi connectivity index (χ0v) is 16.4. The van der Waals surface area contributed by atoms with Gasteiger partial charge in [-0.15, -0.1) is 0 Å². The highest BCUT2D eigenvalue weighted by molar-refractivity contribution is 5.81. The van der Waals surface area contributed by atoms with Gasteiger partial charge in [-0.3, -0.25) is 9.79 Å². The molecule has 0 radical (unpaired) electrons. The van der Waals surface area contributed by atoms with E-state index in [-0.39, 0.29) is 5.92 Å². The van der Waals surface area contributed by atoms with Crippen molar-refractivity contribution in [3.05, 3.63) is 30.3 Å². The van der Waals surface area contributed by atoms with Crippen LogP contribution in [0.4, 0.5) is 5.69 Å². The van der Waals surface area contributed by atoms with Crippen molar-refractivity contribution in [3.63, 3.8) is 0 Å². The van der Waals surface area contributed by atoms with Gasteiger partial charge in [-0.25, -0.2) is 0 Å². The summed E-state index contributed by atoms with van der Waals surface area (Å²) in [4.78, 5) is 18.9. The highest BCUT2D eigenvalue weighted by Crippen LogP contribution is 2.27. The molecule has 1 aliphatic heterocycles. The zero-order valence-electron chi connectivity index (χ0n) is 16.4. The molecule has 1 saturated heterocycles. The number of hydrogen-bond donors (Lipinski definition) is 3. The first-order valence-corrected chi connectivity index (χ1v) is 10.3. The van der Waals surface area contributed by atoms with Gasteiger partial charge in [0.15, 0.2) is 5.96 Å². The monoisotopic (exact) mass is 371 g/mol. The Morgan fingerprint density at radius 1 is 1.15 bits per heavy atom. The van der Waals surface area contributed by atoms with Gasteiger partial charge < -0.3 is 20.9 Å². The summed E-state index contributed by atoms with van der Waals surface area (Å²) in [5.41, 5.74) is 1.15. The number of para-hydroxylation sites is 1. The maximum Gasteiger partial charge on any atom is 0.225 e. The third-order valence-electron chi connectivity index (χ3n) is 5.52. The molecule has 1 aromatic rings. The second-order valence-electron chi connectivity index (χ2n) is 7.54. The van der Waals surface area contributed by atoms with Crippen LogP contribution in [0.3, 0.4) is 0 Å². The van der Waals surface area contributed by atoms with Crippen molar-refractivity contribution in [2.24, 2.45) is 10.9 Å². The van der Waals surface area contributed by atoms with Crippen molar-refractivity contribution in [1.82, 2.24) is 15.5 Å². The Morgan fingerprint density at radius 2 is 1.93 bits per heavy atom. The molecule has 1 atom stereocenters. The third-order valence-corrected chi connectivity index (χ3v) is 5.52. The minimum absolute atomic E-state index is 0.276. The van der Waals surface area contributed by atoms with E-state index in [1.165, 1.54) is 12.8 Å². The number of hydrogen-bond acceptors (Lipinski definition) is 3. The number of anilines is 1. The van der Waals surface area contributed by atoms with Crippen LogP contribution in [0, 0.1) is 5.92 Å². The van der Waals surface area contributed by atoms with Crippen molar-refractivity contribution in [1.29, 1.82) is 0 Å². The van der Waals surface area contributed by atoms with E-state index < -0.39 is 0 Å². The molecule has 1 aliphatic carbocycles. The number of benzene rings is 1. The smallest absolute Gasteiger partial charge is 0.225 e. The van der Waals surface area contributed by atoms with E-state index in [4.69, 9.17) is 0 Å². The van der Waals surface area contributed by atoms with Gasteiger partial charge in [-0.1, -0.05) is 31.0 Å². The molecule has 3 N–H and O–H groups in total. The van der Waals surface area contributed by atoms with Crippen molar-refractivity contribution in [3.8, 4) is 0 Å². The minimum atomic E-state index is 0.276. The topological polar surface area (TPSA) is 68.8 Å². The molecular formula is C21H33N5O. The van der Waals surface area contributed by atoms with Crippen LogP contribution >= 0.6 is 0 Å².